The Bertz CT molecular complexity index is 742. The van der Waals surface area contributed by atoms with Crippen molar-refractivity contribution < 1.29 is 14.3 Å². The summed E-state index contributed by atoms with van der Waals surface area (Å²) in [6.07, 6.45) is 1.60. The highest BCUT2D eigenvalue weighted by atomic mass is 35.5. The largest absolute Gasteiger partial charge is 0.493 e. The number of ether oxygens (including phenoxy) is 2. The molecule has 2 aliphatic rings. The molecule has 0 unspecified atom stereocenters. The van der Waals surface area contributed by atoms with Crippen molar-refractivity contribution in [3.8, 4) is 11.5 Å². The smallest absolute Gasteiger partial charge is 0.323 e. The van der Waals surface area contributed by atoms with Gasteiger partial charge in [0.25, 0.3) is 0 Å². The summed E-state index contributed by atoms with van der Waals surface area (Å²) in [6.45, 7) is 1.26. The molecule has 2 N–H and O–H groups in total. The van der Waals surface area contributed by atoms with Crippen molar-refractivity contribution in [3.63, 3.8) is 0 Å². The number of hydrogen-bond acceptors (Lipinski definition) is 3. The van der Waals surface area contributed by atoms with Gasteiger partial charge in [-0.1, -0.05) is 11.6 Å². The van der Waals surface area contributed by atoms with Gasteiger partial charge in [0, 0.05) is 34.7 Å². The maximum Gasteiger partial charge on any atom is 0.323 e. The lowest BCUT2D eigenvalue weighted by Crippen LogP contribution is -2.20. The van der Waals surface area contributed by atoms with Crippen molar-refractivity contribution in [2.75, 3.05) is 23.8 Å². The molecule has 0 bridgehead atoms. The van der Waals surface area contributed by atoms with Gasteiger partial charge in [0.05, 0.1) is 18.9 Å². The van der Waals surface area contributed by atoms with Gasteiger partial charge in [0.15, 0.2) is 0 Å². The van der Waals surface area contributed by atoms with Crippen molar-refractivity contribution in [2.45, 2.75) is 12.8 Å². The highest BCUT2D eigenvalue weighted by Gasteiger charge is 2.27. The van der Waals surface area contributed by atoms with E-state index in [9.17, 15) is 4.79 Å². The molecular weight excluding hydrogens is 316 g/mol. The second kappa shape index (κ2) is 5.66. The summed E-state index contributed by atoms with van der Waals surface area (Å²) >= 11 is 5.85. The van der Waals surface area contributed by atoms with Crippen LogP contribution in [-0.4, -0.2) is 19.2 Å². The first-order valence-electron chi connectivity index (χ1n) is 7.48. The molecule has 0 saturated carbocycles. The first-order chi connectivity index (χ1) is 11.2. The first-order valence-corrected chi connectivity index (χ1v) is 7.86. The second-order valence-corrected chi connectivity index (χ2v) is 5.94. The molecule has 4 rings (SSSR count). The van der Waals surface area contributed by atoms with E-state index in [0.717, 1.165) is 41.2 Å². The van der Waals surface area contributed by atoms with E-state index >= 15 is 0 Å². The second-order valence-electron chi connectivity index (χ2n) is 5.50. The molecule has 0 atom stereocenters. The molecule has 0 aromatic heterocycles. The zero-order valence-electron chi connectivity index (χ0n) is 12.3. The number of halogens is 1. The maximum absolute atomic E-state index is 12.3. The van der Waals surface area contributed by atoms with Crippen LogP contribution in [0.15, 0.2) is 30.3 Å². The van der Waals surface area contributed by atoms with Gasteiger partial charge in [-0.2, -0.15) is 0 Å². The lowest BCUT2D eigenvalue weighted by molar-refractivity contribution is 0.262. The van der Waals surface area contributed by atoms with Crippen molar-refractivity contribution in [3.05, 3.63) is 46.5 Å². The third-order valence-corrected chi connectivity index (χ3v) is 4.24. The number of carbonyl (C=O) groups excluding carboxylic acids is 1. The normalized spacial score (nSPS) is 14.5. The van der Waals surface area contributed by atoms with Crippen molar-refractivity contribution in [2.24, 2.45) is 0 Å². The minimum absolute atomic E-state index is 0.315. The lowest BCUT2D eigenvalue weighted by Gasteiger charge is -2.14. The number of urea groups is 1. The van der Waals surface area contributed by atoms with E-state index < -0.39 is 0 Å². The Hall–Kier alpha value is -2.40. The van der Waals surface area contributed by atoms with E-state index in [2.05, 4.69) is 10.6 Å². The monoisotopic (exact) mass is 330 g/mol. The van der Waals surface area contributed by atoms with Crippen LogP contribution in [0.5, 0.6) is 11.5 Å². The van der Waals surface area contributed by atoms with Gasteiger partial charge < -0.3 is 20.1 Å². The third-order valence-electron chi connectivity index (χ3n) is 3.99. The molecule has 5 nitrogen and oxygen atoms in total. The fourth-order valence-electron chi connectivity index (χ4n) is 2.93. The van der Waals surface area contributed by atoms with E-state index in [1.54, 1.807) is 24.3 Å². The molecule has 2 amide bonds. The molecule has 6 heteroatoms. The van der Waals surface area contributed by atoms with Crippen molar-refractivity contribution >= 4 is 29.0 Å². The lowest BCUT2D eigenvalue weighted by atomic mass is 10.0. The molecule has 0 spiro atoms. The maximum atomic E-state index is 12.3. The topological polar surface area (TPSA) is 59.6 Å². The zero-order valence-corrected chi connectivity index (χ0v) is 13.1. The minimum Gasteiger partial charge on any atom is -0.493 e. The molecule has 0 aliphatic carbocycles. The van der Waals surface area contributed by atoms with Crippen LogP contribution in [-0.2, 0) is 12.8 Å². The van der Waals surface area contributed by atoms with Crippen LogP contribution < -0.4 is 20.1 Å². The van der Waals surface area contributed by atoms with Crippen LogP contribution in [0.2, 0.25) is 5.02 Å². The average molecular weight is 331 g/mol. The van der Waals surface area contributed by atoms with Gasteiger partial charge in [-0.25, -0.2) is 4.79 Å². The third kappa shape index (κ3) is 2.68. The molecular formula is C17H15ClN2O3. The number of carbonyl (C=O) groups is 1. The Morgan fingerprint density at radius 3 is 2.65 bits per heavy atom. The van der Waals surface area contributed by atoms with Crippen LogP contribution in [0.3, 0.4) is 0 Å². The van der Waals surface area contributed by atoms with E-state index in [1.807, 2.05) is 6.07 Å². The number of nitrogens with one attached hydrogen (secondary N) is 2. The van der Waals surface area contributed by atoms with E-state index in [-0.39, 0.29) is 6.03 Å². The molecule has 0 saturated heterocycles. The standard InChI is InChI=1S/C17H15ClN2O3/c18-11-1-3-12(4-2-11)19-17(21)20-15-13-6-8-22-14(13)9-10-5-7-23-16(10)15/h1-4,9H,5-8H2,(H2,19,20,21). The summed E-state index contributed by atoms with van der Waals surface area (Å²) in [5.41, 5.74) is 3.47. The van der Waals surface area contributed by atoms with Gasteiger partial charge in [0.2, 0.25) is 0 Å². The summed E-state index contributed by atoms with van der Waals surface area (Å²) in [5.74, 6) is 1.61. The Labute approximate surface area is 138 Å². The van der Waals surface area contributed by atoms with E-state index in [1.165, 1.54) is 0 Å². The summed E-state index contributed by atoms with van der Waals surface area (Å²) < 4.78 is 11.3. The summed E-state index contributed by atoms with van der Waals surface area (Å²) in [5, 5.41) is 6.34. The summed E-state index contributed by atoms with van der Waals surface area (Å²) in [6, 6.07) is 8.67. The molecule has 2 aliphatic heterocycles. The molecule has 0 radical (unpaired) electrons. The van der Waals surface area contributed by atoms with Crippen molar-refractivity contribution in [1.29, 1.82) is 0 Å². The van der Waals surface area contributed by atoms with E-state index in [4.69, 9.17) is 21.1 Å². The van der Waals surface area contributed by atoms with Crippen LogP contribution in [0.1, 0.15) is 11.1 Å². The fourth-order valence-corrected chi connectivity index (χ4v) is 3.05. The number of rotatable bonds is 2. The fraction of sp³-hybridized carbons (Fsp3) is 0.235. The van der Waals surface area contributed by atoms with E-state index in [0.29, 0.717) is 23.9 Å². The number of fused-ring (bicyclic) bond motifs is 2. The van der Waals surface area contributed by atoms with Gasteiger partial charge >= 0.3 is 6.03 Å². The zero-order chi connectivity index (χ0) is 15.8. The Morgan fingerprint density at radius 2 is 1.83 bits per heavy atom. The van der Waals surface area contributed by atoms with Crippen LogP contribution in [0.25, 0.3) is 0 Å². The highest BCUT2D eigenvalue weighted by Crippen LogP contribution is 2.44. The van der Waals surface area contributed by atoms with Gasteiger partial charge in [0.1, 0.15) is 11.5 Å². The van der Waals surface area contributed by atoms with Crippen molar-refractivity contribution in [1.82, 2.24) is 0 Å². The minimum atomic E-state index is -0.315. The molecule has 2 heterocycles. The molecule has 118 valence electrons. The molecule has 23 heavy (non-hydrogen) atoms. The predicted octanol–water partition coefficient (Wildman–Crippen LogP) is 3.85. The first kappa shape index (κ1) is 14.2. The van der Waals surface area contributed by atoms with Gasteiger partial charge in [-0.05, 0) is 30.3 Å². The van der Waals surface area contributed by atoms with Crippen LogP contribution in [0, 0.1) is 0 Å². The average Bonchev–Trinajstić information content (AvgIpc) is 3.18. The predicted molar refractivity (Wildman–Crippen MR) is 88.9 cm³/mol. The summed E-state index contributed by atoms with van der Waals surface area (Å²) in [4.78, 5) is 12.3. The molecule has 2 aromatic carbocycles. The van der Waals surface area contributed by atoms with Gasteiger partial charge in [-0.15, -0.1) is 0 Å². The number of amides is 2. The number of benzene rings is 2. The SMILES string of the molecule is O=C(Nc1ccc(Cl)cc1)Nc1c2c(cc3c1OCC3)OCC2. The van der Waals surface area contributed by atoms with Gasteiger partial charge in [-0.3, -0.25) is 0 Å². The quantitative estimate of drug-likeness (QED) is 0.879. The van der Waals surface area contributed by atoms with Crippen LogP contribution in [0.4, 0.5) is 16.2 Å². The summed E-state index contributed by atoms with van der Waals surface area (Å²) in [7, 11) is 0. The Morgan fingerprint density at radius 1 is 1.04 bits per heavy atom. The Kier molecular flexibility index (Phi) is 3.50. The molecule has 2 aromatic rings. The highest BCUT2D eigenvalue weighted by molar-refractivity contribution is 6.30. The molecule has 0 fully saturated rings. The number of hydrogen-bond donors (Lipinski definition) is 2. The van der Waals surface area contributed by atoms with Crippen LogP contribution >= 0.6 is 11.6 Å². The Balaban J connectivity index is 1.59. The number of anilines is 2.